The molecule has 4 aromatic rings. The molecule has 0 aliphatic carbocycles. The first-order valence-electron chi connectivity index (χ1n) is 8.35. The molecule has 138 valence electrons. The Morgan fingerprint density at radius 3 is 2.11 bits per heavy atom. The largest absolute Gasteiger partial charge is 0.356 e. The SMILES string of the molecule is O=S(=O)(Oc1nnnc(-c2ccccn2)c1-c1ccccc1)c1ccccc1. The van der Waals surface area contributed by atoms with Crippen LogP contribution >= 0.6 is 0 Å². The molecule has 0 aliphatic heterocycles. The standard InChI is InChI=1S/C20H14N4O3S/c25-28(26,16-11-5-2-6-12-16)27-20-18(15-9-3-1-4-10-15)19(22-24-23-20)17-13-7-8-14-21-17/h1-14H. The zero-order valence-electron chi connectivity index (χ0n) is 14.5. The van der Waals surface area contributed by atoms with Gasteiger partial charge < -0.3 is 4.18 Å². The Balaban J connectivity index is 1.89. The lowest BCUT2D eigenvalue weighted by molar-refractivity contribution is 0.470. The smallest absolute Gasteiger partial charge is 0.340 e. The predicted octanol–water partition coefficient (Wildman–Crippen LogP) is 3.37. The summed E-state index contributed by atoms with van der Waals surface area (Å²) in [4.78, 5) is 4.32. The van der Waals surface area contributed by atoms with Gasteiger partial charge in [0.15, 0.2) is 0 Å². The van der Waals surface area contributed by atoms with Gasteiger partial charge in [-0.15, -0.1) is 5.10 Å². The molecule has 0 unspecified atom stereocenters. The Bertz CT molecular complexity index is 1190. The molecule has 2 aromatic heterocycles. The molecule has 7 nitrogen and oxygen atoms in total. The summed E-state index contributed by atoms with van der Waals surface area (Å²) in [5, 5.41) is 11.6. The van der Waals surface area contributed by atoms with Gasteiger partial charge in [0.1, 0.15) is 10.6 Å². The quantitative estimate of drug-likeness (QED) is 0.482. The predicted molar refractivity (Wildman–Crippen MR) is 103 cm³/mol. The molecule has 0 N–H and O–H groups in total. The third-order valence-corrected chi connectivity index (χ3v) is 5.15. The number of nitrogens with zero attached hydrogens (tertiary/aromatic N) is 4. The van der Waals surface area contributed by atoms with Crippen LogP contribution in [-0.2, 0) is 10.1 Å². The van der Waals surface area contributed by atoms with E-state index in [9.17, 15) is 8.42 Å². The van der Waals surface area contributed by atoms with E-state index in [0.29, 0.717) is 22.5 Å². The van der Waals surface area contributed by atoms with E-state index in [1.165, 1.54) is 12.1 Å². The van der Waals surface area contributed by atoms with Crippen molar-refractivity contribution >= 4 is 10.1 Å². The molecule has 2 aromatic carbocycles. The molecule has 28 heavy (non-hydrogen) atoms. The number of aromatic nitrogens is 4. The second-order valence-electron chi connectivity index (χ2n) is 5.75. The van der Waals surface area contributed by atoms with E-state index in [-0.39, 0.29) is 10.8 Å². The molecule has 4 rings (SSSR count). The van der Waals surface area contributed by atoms with Crippen LogP contribution in [0.15, 0.2) is 90.0 Å². The average Bonchev–Trinajstić information content (AvgIpc) is 2.75. The topological polar surface area (TPSA) is 94.9 Å². The van der Waals surface area contributed by atoms with Gasteiger partial charge in [0.2, 0.25) is 0 Å². The highest BCUT2D eigenvalue weighted by Crippen LogP contribution is 2.36. The van der Waals surface area contributed by atoms with Gasteiger partial charge in [-0.25, -0.2) is 0 Å². The lowest BCUT2D eigenvalue weighted by Crippen LogP contribution is -2.13. The van der Waals surface area contributed by atoms with E-state index in [2.05, 4.69) is 20.4 Å². The molecule has 0 saturated carbocycles. The fourth-order valence-electron chi connectivity index (χ4n) is 2.65. The summed E-state index contributed by atoms with van der Waals surface area (Å²) < 4.78 is 30.8. The normalized spacial score (nSPS) is 11.1. The summed E-state index contributed by atoms with van der Waals surface area (Å²) in [7, 11) is -4.09. The lowest BCUT2D eigenvalue weighted by Gasteiger charge is -2.12. The van der Waals surface area contributed by atoms with Crippen LogP contribution in [0.25, 0.3) is 22.5 Å². The Labute approximate surface area is 161 Å². The summed E-state index contributed by atoms with van der Waals surface area (Å²) >= 11 is 0. The van der Waals surface area contributed by atoms with E-state index >= 15 is 0 Å². The number of benzene rings is 2. The van der Waals surface area contributed by atoms with Gasteiger partial charge in [-0.1, -0.05) is 59.7 Å². The summed E-state index contributed by atoms with van der Waals surface area (Å²) in [5.41, 5.74) is 1.98. The van der Waals surface area contributed by atoms with Gasteiger partial charge in [-0.3, -0.25) is 4.98 Å². The summed E-state index contributed by atoms with van der Waals surface area (Å²) in [6.07, 6.45) is 1.62. The highest BCUT2D eigenvalue weighted by atomic mass is 32.2. The maximum absolute atomic E-state index is 12.7. The van der Waals surface area contributed by atoms with Crippen molar-refractivity contribution < 1.29 is 12.6 Å². The van der Waals surface area contributed by atoms with Crippen molar-refractivity contribution in [2.75, 3.05) is 0 Å². The van der Waals surface area contributed by atoms with Crippen LogP contribution in [0.2, 0.25) is 0 Å². The Hall–Kier alpha value is -3.65. The van der Waals surface area contributed by atoms with Crippen molar-refractivity contribution in [3.05, 3.63) is 85.1 Å². The maximum atomic E-state index is 12.7. The van der Waals surface area contributed by atoms with Gasteiger partial charge in [0, 0.05) is 6.20 Å². The third-order valence-electron chi connectivity index (χ3n) is 3.92. The molecule has 0 spiro atoms. The monoisotopic (exact) mass is 390 g/mol. The van der Waals surface area contributed by atoms with E-state index in [1.54, 1.807) is 42.6 Å². The van der Waals surface area contributed by atoms with Gasteiger partial charge in [0.25, 0.3) is 5.88 Å². The Morgan fingerprint density at radius 2 is 1.43 bits per heavy atom. The highest BCUT2D eigenvalue weighted by molar-refractivity contribution is 7.87. The van der Waals surface area contributed by atoms with Crippen molar-refractivity contribution in [3.63, 3.8) is 0 Å². The van der Waals surface area contributed by atoms with Crippen LogP contribution in [0, 0.1) is 0 Å². The van der Waals surface area contributed by atoms with Gasteiger partial charge >= 0.3 is 10.1 Å². The van der Waals surface area contributed by atoms with Crippen LogP contribution in [0.1, 0.15) is 0 Å². The molecule has 8 heteroatoms. The van der Waals surface area contributed by atoms with Crippen LogP contribution in [0.3, 0.4) is 0 Å². The fraction of sp³-hybridized carbons (Fsp3) is 0. The average molecular weight is 390 g/mol. The van der Waals surface area contributed by atoms with Crippen LogP contribution in [0.4, 0.5) is 0 Å². The fourth-order valence-corrected chi connectivity index (χ4v) is 3.56. The van der Waals surface area contributed by atoms with E-state index in [0.717, 1.165) is 0 Å². The van der Waals surface area contributed by atoms with Gasteiger partial charge in [-0.05, 0) is 35.0 Å². The van der Waals surface area contributed by atoms with E-state index in [1.807, 2.05) is 30.3 Å². The van der Waals surface area contributed by atoms with Gasteiger partial charge in [0.05, 0.1) is 11.3 Å². The second kappa shape index (κ2) is 7.53. The minimum atomic E-state index is -4.09. The first-order valence-corrected chi connectivity index (χ1v) is 9.76. The van der Waals surface area contributed by atoms with E-state index < -0.39 is 10.1 Å². The third kappa shape index (κ3) is 3.58. The van der Waals surface area contributed by atoms with Crippen LogP contribution in [-0.4, -0.2) is 28.8 Å². The number of hydrogen-bond donors (Lipinski definition) is 0. The molecule has 0 fully saturated rings. The van der Waals surface area contributed by atoms with Crippen molar-refractivity contribution in [2.24, 2.45) is 0 Å². The molecule has 0 saturated heterocycles. The number of rotatable bonds is 5. The molecule has 0 radical (unpaired) electrons. The van der Waals surface area contributed by atoms with Crippen molar-refractivity contribution in [3.8, 4) is 28.4 Å². The van der Waals surface area contributed by atoms with Crippen molar-refractivity contribution in [1.29, 1.82) is 0 Å². The first-order chi connectivity index (χ1) is 13.6. The van der Waals surface area contributed by atoms with Crippen LogP contribution in [0.5, 0.6) is 5.88 Å². The van der Waals surface area contributed by atoms with Crippen molar-refractivity contribution in [1.82, 2.24) is 20.4 Å². The van der Waals surface area contributed by atoms with Crippen LogP contribution < -0.4 is 4.18 Å². The second-order valence-corrected chi connectivity index (χ2v) is 7.30. The number of hydrogen-bond acceptors (Lipinski definition) is 7. The maximum Gasteiger partial charge on any atom is 0.340 e. The van der Waals surface area contributed by atoms with Gasteiger partial charge in [-0.2, -0.15) is 8.42 Å². The molecule has 0 aliphatic rings. The summed E-state index contributed by atoms with van der Waals surface area (Å²) in [6, 6.07) is 22.3. The Morgan fingerprint density at radius 1 is 0.750 bits per heavy atom. The molecular weight excluding hydrogens is 376 g/mol. The molecule has 2 heterocycles. The molecule has 0 amide bonds. The molecule has 0 bridgehead atoms. The summed E-state index contributed by atoms with van der Waals surface area (Å²) in [6.45, 7) is 0. The first kappa shape index (κ1) is 17.7. The zero-order chi connectivity index (χ0) is 19.4. The Kier molecular flexibility index (Phi) is 4.77. The van der Waals surface area contributed by atoms with E-state index in [4.69, 9.17) is 4.18 Å². The van der Waals surface area contributed by atoms with Crippen molar-refractivity contribution in [2.45, 2.75) is 4.90 Å². The molecule has 0 atom stereocenters. The lowest BCUT2D eigenvalue weighted by atomic mass is 10.0. The number of pyridine rings is 1. The summed E-state index contributed by atoms with van der Waals surface area (Å²) in [5.74, 6) is -0.161. The zero-order valence-corrected chi connectivity index (χ0v) is 15.3. The highest BCUT2D eigenvalue weighted by Gasteiger charge is 2.24. The molecular formula is C20H14N4O3S. The minimum Gasteiger partial charge on any atom is -0.356 e. The minimum absolute atomic E-state index is 0.0204.